The van der Waals surface area contributed by atoms with Gasteiger partial charge in [0, 0.05) is 13.1 Å². The van der Waals surface area contributed by atoms with Crippen molar-refractivity contribution >= 4 is 0 Å². The summed E-state index contributed by atoms with van der Waals surface area (Å²) in [6.45, 7) is 2.61. The van der Waals surface area contributed by atoms with Crippen molar-refractivity contribution in [2.45, 2.75) is 24.9 Å². The van der Waals surface area contributed by atoms with Gasteiger partial charge in [-0.3, -0.25) is 0 Å². The minimum Gasteiger partial charge on any atom is -0.316 e. The Morgan fingerprint density at radius 3 is 2.30 bits per heavy atom. The molecule has 2 unspecified atom stereocenters. The van der Waals surface area contributed by atoms with E-state index in [4.69, 9.17) is 0 Å². The van der Waals surface area contributed by atoms with Crippen LogP contribution in [-0.2, 0) is 0 Å². The van der Waals surface area contributed by atoms with Crippen molar-refractivity contribution in [3.63, 3.8) is 0 Å². The van der Waals surface area contributed by atoms with E-state index in [0.29, 0.717) is 19.0 Å². The van der Waals surface area contributed by atoms with Crippen LogP contribution >= 0.6 is 0 Å². The van der Waals surface area contributed by atoms with Crippen molar-refractivity contribution in [1.29, 1.82) is 0 Å². The first-order valence-corrected chi connectivity index (χ1v) is 8.19. The molecule has 0 amide bonds. The van der Waals surface area contributed by atoms with Crippen molar-refractivity contribution in [2.75, 3.05) is 32.7 Å². The molecule has 0 saturated carbocycles. The summed E-state index contributed by atoms with van der Waals surface area (Å²) < 4.78 is 51.9. The number of piperidine rings is 1. The highest BCUT2D eigenvalue weighted by Crippen LogP contribution is 2.36. The van der Waals surface area contributed by atoms with Crippen LogP contribution in [0.2, 0.25) is 0 Å². The van der Waals surface area contributed by atoms with E-state index in [-0.39, 0.29) is 18.3 Å². The van der Waals surface area contributed by atoms with Crippen LogP contribution in [0.15, 0.2) is 24.3 Å². The molecule has 0 radical (unpaired) electrons. The average Bonchev–Trinajstić information content (AvgIpc) is 2.97. The SMILES string of the molecule is Fc1ccc(C2CCN(CC3CNCC3C(F)(F)F)CC2)cc1. The summed E-state index contributed by atoms with van der Waals surface area (Å²) in [5.41, 5.74) is 1.13. The Balaban J connectivity index is 1.52. The molecule has 0 aromatic heterocycles. The van der Waals surface area contributed by atoms with E-state index >= 15 is 0 Å². The molecule has 2 heterocycles. The summed E-state index contributed by atoms with van der Waals surface area (Å²) >= 11 is 0. The molecule has 23 heavy (non-hydrogen) atoms. The molecule has 2 aliphatic rings. The van der Waals surface area contributed by atoms with Crippen LogP contribution in [0, 0.1) is 17.7 Å². The first-order chi connectivity index (χ1) is 10.9. The number of benzene rings is 1. The van der Waals surface area contributed by atoms with Crippen molar-refractivity contribution in [3.05, 3.63) is 35.6 Å². The lowest BCUT2D eigenvalue weighted by atomic mass is 9.88. The third-order valence-electron chi connectivity index (χ3n) is 5.18. The molecule has 2 nitrogen and oxygen atoms in total. The summed E-state index contributed by atoms with van der Waals surface area (Å²) in [6, 6.07) is 6.58. The van der Waals surface area contributed by atoms with Crippen molar-refractivity contribution in [3.8, 4) is 0 Å². The maximum absolute atomic E-state index is 13.0. The first-order valence-electron chi connectivity index (χ1n) is 8.19. The molecule has 1 aromatic rings. The van der Waals surface area contributed by atoms with Crippen molar-refractivity contribution < 1.29 is 17.6 Å². The number of hydrogen-bond acceptors (Lipinski definition) is 2. The van der Waals surface area contributed by atoms with Crippen LogP contribution in [0.4, 0.5) is 17.6 Å². The fraction of sp³-hybridized carbons (Fsp3) is 0.647. The molecular weight excluding hydrogens is 308 g/mol. The standard InChI is InChI=1S/C17H22F4N2/c18-15-3-1-12(2-4-15)13-5-7-23(8-6-13)11-14-9-22-10-16(14)17(19,20)21/h1-4,13-14,16,22H,5-11H2. The van der Waals surface area contributed by atoms with E-state index in [1.165, 1.54) is 12.1 Å². The molecule has 0 bridgehead atoms. The summed E-state index contributed by atoms with van der Waals surface area (Å²) in [5, 5.41) is 2.88. The van der Waals surface area contributed by atoms with E-state index < -0.39 is 12.1 Å². The summed E-state index contributed by atoms with van der Waals surface area (Å²) in [7, 11) is 0. The predicted octanol–water partition coefficient (Wildman–Crippen LogP) is 3.40. The third kappa shape index (κ3) is 4.04. The lowest BCUT2D eigenvalue weighted by molar-refractivity contribution is -0.180. The van der Waals surface area contributed by atoms with Gasteiger partial charge in [-0.1, -0.05) is 12.1 Å². The molecule has 0 spiro atoms. The second-order valence-electron chi connectivity index (χ2n) is 6.69. The smallest absolute Gasteiger partial charge is 0.316 e. The highest BCUT2D eigenvalue weighted by atomic mass is 19.4. The minimum absolute atomic E-state index is 0.0419. The molecule has 2 fully saturated rings. The van der Waals surface area contributed by atoms with Gasteiger partial charge >= 0.3 is 6.18 Å². The normalized spacial score (nSPS) is 27.5. The summed E-state index contributed by atoms with van der Waals surface area (Å²) in [6.07, 6.45) is -2.27. The van der Waals surface area contributed by atoms with Gasteiger partial charge in [0.15, 0.2) is 0 Å². The molecule has 3 rings (SSSR count). The quantitative estimate of drug-likeness (QED) is 0.855. The zero-order chi connectivity index (χ0) is 16.4. The Morgan fingerprint density at radius 2 is 1.70 bits per heavy atom. The second-order valence-corrected chi connectivity index (χ2v) is 6.69. The number of halogens is 4. The lowest BCUT2D eigenvalue weighted by Gasteiger charge is -2.35. The fourth-order valence-corrected chi connectivity index (χ4v) is 3.82. The molecule has 6 heteroatoms. The molecule has 1 aromatic carbocycles. The van der Waals surface area contributed by atoms with Crippen LogP contribution in [0.1, 0.15) is 24.3 Å². The molecule has 2 atom stereocenters. The molecule has 0 aliphatic carbocycles. The highest BCUT2D eigenvalue weighted by Gasteiger charge is 2.47. The van der Waals surface area contributed by atoms with E-state index in [1.54, 1.807) is 0 Å². The summed E-state index contributed by atoms with van der Waals surface area (Å²) in [5.74, 6) is -1.43. The number of hydrogen-bond donors (Lipinski definition) is 1. The minimum atomic E-state index is -4.11. The molecule has 1 N–H and O–H groups in total. The lowest BCUT2D eigenvalue weighted by Crippen LogP contribution is -2.41. The Morgan fingerprint density at radius 1 is 1.04 bits per heavy atom. The Bertz CT molecular complexity index is 506. The van der Waals surface area contributed by atoms with Gasteiger partial charge in [-0.2, -0.15) is 13.2 Å². The van der Waals surface area contributed by atoms with E-state index in [1.807, 2.05) is 12.1 Å². The van der Waals surface area contributed by atoms with E-state index in [9.17, 15) is 17.6 Å². The van der Waals surface area contributed by atoms with Crippen LogP contribution < -0.4 is 5.32 Å². The van der Waals surface area contributed by atoms with Gasteiger partial charge in [0.25, 0.3) is 0 Å². The zero-order valence-electron chi connectivity index (χ0n) is 13.0. The van der Waals surface area contributed by atoms with Gasteiger partial charge in [0.05, 0.1) is 5.92 Å². The Kier molecular flexibility index (Phi) is 4.92. The maximum Gasteiger partial charge on any atom is 0.393 e. The number of nitrogens with zero attached hydrogens (tertiary/aromatic N) is 1. The maximum atomic E-state index is 13.0. The van der Waals surface area contributed by atoms with Crippen LogP contribution in [0.3, 0.4) is 0 Å². The van der Waals surface area contributed by atoms with Crippen LogP contribution in [-0.4, -0.2) is 43.8 Å². The van der Waals surface area contributed by atoms with Crippen LogP contribution in [0.5, 0.6) is 0 Å². The Hall–Kier alpha value is -1.14. The van der Waals surface area contributed by atoms with Gasteiger partial charge in [-0.25, -0.2) is 4.39 Å². The van der Waals surface area contributed by atoms with E-state index in [2.05, 4.69) is 10.2 Å². The van der Waals surface area contributed by atoms with Crippen molar-refractivity contribution in [2.24, 2.45) is 11.8 Å². The topological polar surface area (TPSA) is 15.3 Å². The fourth-order valence-electron chi connectivity index (χ4n) is 3.82. The van der Waals surface area contributed by atoms with Gasteiger partial charge in [0.2, 0.25) is 0 Å². The largest absolute Gasteiger partial charge is 0.393 e. The monoisotopic (exact) mass is 330 g/mol. The number of alkyl halides is 3. The second kappa shape index (κ2) is 6.77. The number of rotatable bonds is 3. The average molecular weight is 330 g/mol. The first kappa shape index (κ1) is 16.7. The predicted molar refractivity (Wildman–Crippen MR) is 80.7 cm³/mol. The highest BCUT2D eigenvalue weighted by molar-refractivity contribution is 5.21. The molecular formula is C17H22F4N2. The van der Waals surface area contributed by atoms with Gasteiger partial charge in [0.1, 0.15) is 5.82 Å². The Labute approximate surface area is 133 Å². The van der Waals surface area contributed by atoms with Gasteiger partial charge < -0.3 is 10.2 Å². The molecule has 2 saturated heterocycles. The van der Waals surface area contributed by atoms with Gasteiger partial charge in [-0.15, -0.1) is 0 Å². The number of nitrogens with one attached hydrogen (secondary N) is 1. The summed E-state index contributed by atoms with van der Waals surface area (Å²) in [4.78, 5) is 2.15. The van der Waals surface area contributed by atoms with Crippen LogP contribution in [0.25, 0.3) is 0 Å². The van der Waals surface area contributed by atoms with E-state index in [0.717, 1.165) is 31.5 Å². The third-order valence-corrected chi connectivity index (χ3v) is 5.18. The van der Waals surface area contributed by atoms with Gasteiger partial charge in [-0.05, 0) is 62.0 Å². The number of likely N-dealkylation sites (tertiary alicyclic amines) is 1. The molecule has 128 valence electrons. The molecule has 2 aliphatic heterocycles. The zero-order valence-corrected chi connectivity index (χ0v) is 13.0. The van der Waals surface area contributed by atoms with Crippen molar-refractivity contribution in [1.82, 2.24) is 10.2 Å².